The van der Waals surface area contributed by atoms with E-state index in [1.54, 1.807) is 24.3 Å². The fraction of sp³-hybridized carbons (Fsp3) is 0.438. The molecule has 3 amide bonds. The second-order valence-electron chi connectivity index (χ2n) is 6.27. The first-order chi connectivity index (χ1) is 11.8. The summed E-state index contributed by atoms with van der Waals surface area (Å²) in [5.74, 6) is -1.05. The van der Waals surface area contributed by atoms with Crippen LogP contribution in [-0.2, 0) is 19.4 Å². The van der Waals surface area contributed by atoms with E-state index in [0.29, 0.717) is 17.7 Å². The molecule has 134 valence electrons. The van der Waals surface area contributed by atoms with Gasteiger partial charge in [0, 0.05) is 12.5 Å². The van der Waals surface area contributed by atoms with Crippen LogP contribution >= 0.6 is 0 Å². The third-order valence-electron chi connectivity index (χ3n) is 4.31. The van der Waals surface area contributed by atoms with E-state index in [1.165, 1.54) is 0 Å². The molecule has 1 aromatic carbocycles. The zero-order valence-electron chi connectivity index (χ0n) is 13.4. The van der Waals surface area contributed by atoms with Gasteiger partial charge in [0.1, 0.15) is 6.04 Å². The third-order valence-corrected chi connectivity index (χ3v) is 6.08. The van der Waals surface area contributed by atoms with Gasteiger partial charge >= 0.3 is 0 Å². The average molecular weight is 365 g/mol. The van der Waals surface area contributed by atoms with Gasteiger partial charge in [-0.3, -0.25) is 14.4 Å². The van der Waals surface area contributed by atoms with Crippen molar-refractivity contribution in [3.8, 4) is 0 Å². The molecule has 9 heteroatoms. The Labute approximate surface area is 145 Å². The van der Waals surface area contributed by atoms with E-state index in [9.17, 15) is 22.8 Å². The fourth-order valence-corrected chi connectivity index (χ4v) is 4.67. The zero-order chi connectivity index (χ0) is 18.0. The maximum atomic E-state index is 12.2. The van der Waals surface area contributed by atoms with Gasteiger partial charge in [-0.05, 0) is 25.0 Å². The molecule has 3 rings (SSSR count). The lowest BCUT2D eigenvalue weighted by Gasteiger charge is -2.15. The van der Waals surface area contributed by atoms with Crippen molar-refractivity contribution in [1.82, 2.24) is 10.6 Å². The Morgan fingerprint density at radius 3 is 2.72 bits per heavy atom. The van der Waals surface area contributed by atoms with Gasteiger partial charge in [-0.15, -0.1) is 0 Å². The number of amides is 3. The summed E-state index contributed by atoms with van der Waals surface area (Å²) in [7, 11) is -3.06. The molecule has 3 N–H and O–H groups in total. The maximum absolute atomic E-state index is 12.2. The number of anilines is 1. The monoisotopic (exact) mass is 365 g/mol. The third kappa shape index (κ3) is 4.16. The highest BCUT2D eigenvalue weighted by atomic mass is 32.2. The van der Waals surface area contributed by atoms with Crippen LogP contribution in [0.2, 0.25) is 0 Å². The highest BCUT2D eigenvalue weighted by molar-refractivity contribution is 7.91. The molecule has 2 heterocycles. The number of rotatable bonds is 4. The minimum Gasteiger partial charge on any atom is -0.352 e. The Kier molecular flexibility index (Phi) is 4.76. The summed E-state index contributed by atoms with van der Waals surface area (Å²) < 4.78 is 22.8. The number of sulfone groups is 1. The number of hydrogen-bond donors (Lipinski definition) is 3. The summed E-state index contributed by atoms with van der Waals surface area (Å²) in [6.45, 7) is 0. The molecule has 0 saturated carbocycles. The molecule has 0 aromatic heterocycles. The normalized spacial score (nSPS) is 24.6. The van der Waals surface area contributed by atoms with Crippen LogP contribution < -0.4 is 16.0 Å². The molecule has 2 atom stereocenters. The summed E-state index contributed by atoms with van der Waals surface area (Å²) in [6.07, 6.45) is 0.562. The van der Waals surface area contributed by atoms with Crippen LogP contribution in [0.3, 0.4) is 0 Å². The lowest BCUT2D eigenvalue weighted by molar-refractivity contribution is -0.122. The van der Waals surface area contributed by atoms with E-state index < -0.39 is 15.9 Å². The van der Waals surface area contributed by atoms with Crippen molar-refractivity contribution >= 4 is 33.2 Å². The molecule has 2 aliphatic heterocycles. The number of hydrogen-bond acceptors (Lipinski definition) is 5. The predicted octanol–water partition coefficient (Wildman–Crippen LogP) is -0.179. The molecule has 0 radical (unpaired) electrons. The van der Waals surface area contributed by atoms with Crippen LogP contribution in [0.4, 0.5) is 5.69 Å². The van der Waals surface area contributed by atoms with Crippen LogP contribution in [0, 0.1) is 0 Å². The molecule has 0 spiro atoms. The quantitative estimate of drug-likeness (QED) is 0.683. The van der Waals surface area contributed by atoms with Crippen molar-refractivity contribution in [2.24, 2.45) is 0 Å². The van der Waals surface area contributed by atoms with Crippen molar-refractivity contribution < 1.29 is 22.8 Å². The van der Waals surface area contributed by atoms with Gasteiger partial charge in [-0.25, -0.2) is 8.42 Å². The highest BCUT2D eigenvalue weighted by Crippen LogP contribution is 2.19. The number of fused-ring (bicyclic) bond motifs is 1. The minimum atomic E-state index is -3.06. The molecule has 0 aliphatic carbocycles. The van der Waals surface area contributed by atoms with Gasteiger partial charge < -0.3 is 16.0 Å². The van der Waals surface area contributed by atoms with Gasteiger partial charge in [-0.2, -0.15) is 0 Å². The first-order valence-electron chi connectivity index (χ1n) is 8.04. The SMILES string of the molecule is O=C(CC[C@H]1NC(=O)c2ccccc2NC1=O)N[C@H]1CCS(=O)(=O)C1. The van der Waals surface area contributed by atoms with Gasteiger partial charge in [0.15, 0.2) is 9.84 Å². The first-order valence-corrected chi connectivity index (χ1v) is 9.87. The molecular formula is C16H19N3O5S. The van der Waals surface area contributed by atoms with E-state index in [-0.39, 0.29) is 48.1 Å². The number of carbonyl (C=O) groups excluding carboxylic acids is 3. The van der Waals surface area contributed by atoms with E-state index >= 15 is 0 Å². The number of nitrogens with one attached hydrogen (secondary N) is 3. The Morgan fingerprint density at radius 2 is 2.00 bits per heavy atom. The Morgan fingerprint density at radius 1 is 1.24 bits per heavy atom. The van der Waals surface area contributed by atoms with Crippen molar-refractivity contribution in [3.05, 3.63) is 29.8 Å². The summed E-state index contributed by atoms with van der Waals surface area (Å²) >= 11 is 0. The number of benzene rings is 1. The highest BCUT2D eigenvalue weighted by Gasteiger charge is 2.30. The molecule has 0 unspecified atom stereocenters. The van der Waals surface area contributed by atoms with E-state index in [2.05, 4.69) is 16.0 Å². The number of para-hydroxylation sites is 1. The van der Waals surface area contributed by atoms with Crippen molar-refractivity contribution in [3.63, 3.8) is 0 Å². The zero-order valence-corrected chi connectivity index (χ0v) is 14.3. The smallest absolute Gasteiger partial charge is 0.254 e. The van der Waals surface area contributed by atoms with Crippen molar-refractivity contribution in [2.45, 2.75) is 31.3 Å². The lowest BCUT2D eigenvalue weighted by atomic mass is 10.1. The van der Waals surface area contributed by atoms with Gasteiger partial charge in [0.2, 0.25) is 11.8 Å². The van der Waals surface area contributed by atoms with E-state index in [4.69, 9.17) is 0 Å². The molecule has 2 aliphatic rings. The maximum Gasteiger partial charge on any atom is 0.254 e. The molecule has 25 heavy (non-hydrogen) atoms. The van der Waals surface area contributed by atoms with Crippen LogP contribution in [0.15, 0.2) is 24.3 Å². The molecular weight excluding hydrogens is 346 g/mol. The van der Waals surface area contributed by atoms with E-state index in [1.807, 2.05) is 0 Å². The summed E-state index contributed by atoms with van der Waals surface area (Å²) in [5, 5.41) is 7.97. The average Bonchev–Trinajstić information content (AvgIpc) is 2.83. The standard InChI is InChI=1S/C16H19N3O5S/c20-14(17-10-7-8-25(23,24)9-10)6-5-13-16(22)18-12-4-2-1-3-11(12)15(21)19-13/h1-4,10,13H,5-9H2,(H,17,20)(H,18,22)(H,19,21)/t10-,13+/m0/s1. The van der Waals surface area contributed by atoms with Crippen LogP contribution in [0.5, 0.6) is 0 Å². The molecule has 1 fully saturated rings. The van der Waals surface area contributed by atoms with Crippen LogP contribution in [-0.4, -0.2) is 49.7 Å². The Hall–Kier alpha value is -2.42. The van der Waals surface area contributed by atoms with Gasteiger partial charge in [-0.1, -0.05) is 12.1 Å². The van der Waals surface area contributed by atoms with Crippen molar-refractivity contribution in [1.29, 1.82) is 0 Å². The Bertz CT molecular complexity index is 821. The minimum absolute atomic E-state index is 0.0191. The van der Waals surface area contributed by atoms with Gasteiger partial charge in [0.05, 0.1) is 22.8 Å². The van der Waals surface area contributed by atoms with Crippen LogP contribution in [0.25, 0.3) is 0 Å². The van der Waals surface area contributed by atoms with Crippen LogP contribution in [0.1, 0.15) is 29.6 Å². The molecule has 1 saturated heterocycles. The van der Waals surface area contributed by atoms with Gasteiger partial charge in [0.25, 0.3) is 5.91 Å². The predicted molar refractivity (Wildman–Crippen MR) is 90.8 cm³/mol. The second-order valence-corrected chi connectivity index (χ2v) is 8.50. The molecule has 0 bridgehead atoms. The molecule has 1 aromatic rings. The number of carbonyl (C=O) groups is 3. The van der Waals surface area contributed by atoms with E-state index in [0.717, 1.165) is 0 Å². The summed E-state index contributed by atoms with van der Waals surface area (Å²) in [4.78, 5) is 36.4. The topological polar surface area (TPSA) is 121 Å². The second kappa shape index (κ2) is 6.83. The largest absolute Gasteiger partial charge is 0.352 e. The Balaban J connectivity index is 1.56. The van der Waals surface area contributed by atoms with Crippen molar-refractivity contribution in [2.75, 3.05) is 16.8 Å². The molecule has 8 nitrogen and oxygen atoms in total. The lowest BCUT2D eigenvalue weighted by Crippen LogP contribution is -2.42. The fourth-order valence-electron chi connectivity index (χ4n) is 3.00. The summed E-state index contributed by atoms with van der Waals surface area (Å²) in [5.41, 5.74) is 0.812. The first kappa shape index (κ1) is 17.4. The summed E-state index contributed by atoms with van der Waals surface area (Å²) in [6, 6.07) is 5.48.